The molecule has 84 heavy (non-hydrogen) atoms. The van der Waals surface area contributed by atoms with Crippen LogP contribution in [0.4, 0.5) is 34.1 Å². The van der Waals surface area contributed by atoms with Crippen molar-refractivity contribution >= 4 is 34.1 Å². The van der Waals surface area contributed by atoms with E-state index in [2.05, 4.69) is 144 Å². The smallest absolute Gasteiger partial charge is 0.0999 e. The van der Waals surface area contributed by atoms with E-state index in [1.807, 2.05) is 260 Å². The van der Waals surface area contributed by atoms with Crippen molar-refractivity contribution in [1.29, 1.82) is 0 Å². The molecule has 0 spiro atoms. The van der Waals surface area contributed by atoms with Gasteiger partial charge in [0.25, 0.3) is 0 Å². The van der Waals surface area contributed by atoms with Crippen LogP contribution in [-0.4, -0.2) is 84.6 Å². The molecule has 7 aromatic rings. The molecule has 7 aromatic carbocycles. The first-order chi connectivity index (χ1) is 40.6. The summed E-state index contributed by atoms with van der Waals surface area (Å²) in [7, 11) is 23.9. The summed E-state index contributed by atoms with van der Waals surface area (Å²) in [6, 6.07) is 85.4. The fourth-order valence-electron chi connectivity index (χ4n) is 7.37. The first kappa shape index (κ1) is 59.7. The van der Waals surface area contributed by atoms with Gasteiger partial charge in [-0.05, 0) is 218 Å². The van der Waals surface area contributed by atoms with E-state index in [4.69, 9.17) is 0 Å². The van der Waals surface area contributed by atoms with Gasteiger partial charge >= 0.3 is 0 Å². The number of hydrogen-bond donors (Lipinski definition) is 0. The van der Waals surface area contributed by atoms with Crippen LogP contribution in [0, 0.1) is 144 Å². The first-order valence-corrected chi connectivity index (χ1v) is 26.6. The second kappa shape index (κ2) is 29.9. The van der Waals surface area contributed by atoms with Gasteiger partial charge in [-0.15, -0.1) is 0 Å². The molecule has 0 saturated carbocycles. The lowest BCUT2D eigenvalue weighted by Crippen LogP contribution is -2.07. The summed E-state index contributed by atoms with van der Waals surface area (Å²) in [4.78, 5) is 12.2. The Bertz CT molecular complexity index is 3310. The molecule has 0 atom stereocenters. The van der Waals surface area contributed by atoms with Crippen molar-refractivity contribution in [2.75, 3.05) is 114 Å². The van der Waals surface area contributed by atoms with E-state index in [0.29, 0.717) is 33.4 Å². The van der Waals surface area contributed by atoms with Crippen molar-refractivity contribution < 1.29 is 0 Å². The molecule has 6 heteroatoms. The van der Waals surface area contributed by atoms with Crippen molar-refractivity contribution in [2.24, 2.45) is 0 Å². The van der Waals surface area contributed by atoms with Gasteiger partial charge in [-0.3, -0.25) is 0 Å². The molecule has 402 valence electrons. The van der Waals surface area contributed by atoms with Crippen LogP contribution >= 0.6 is 0 Å². The molecule has 0 unspecified atom stereocenters. The van der Waals surface area contributed by atoms with E-state index < -0.39 is 0 Å². The lowest BCUT2D eigenvalue weighted by atomic mass is 10.1. The number of nitrogens with zero attached hydrogens (tertiary/aromatic N) is 6. The Morgan fingerprint density at radius 2 is 0.298 bits per heavy atom. The molecule has 6 nitrogen and oxygen atoms in total. The van der Waals surface area contributed by atoms with Gasteiger partial charge in [0, 0.05) is 152 Å². The lowest BCUT2D eigenvalue weighted by molar-refractivity contribution is 1.13. The Balaban J connectivity index is 1.59. The zero-order valence-electron chi connectivity index (χ0n) is 49.5. The van der Waals surface area contributed by atoms with E-state index in [0.717, 1.165) is 67.5 Å². The van der Waals surface area contributed by atoms with E-state index in [1.165, 1.54) is 0 Å². The standard InChI is InChI=1S/C78H60N6/c1-79(2)73-49-31-61(32-50-73)25-43-67-19-13-14-21-69(45-27-63-35-53-75(54-36-63)81(5)6)71(47-29-65-39-57-77(58-40-65)83(9)10)23-17-18-24-72(48-30-66-41-59-78(60-42-66)84(11)12)70(46-28-64-37-55-76(56-38-64)82(7)8)22-16-15-20-68(67)44-26-62-33-51-74(52-34-62)80(3)4/h31-42,49-60H,1-12H3. The molecule has 0 saturated heterocycles. The van der Waals surface area contributed by atoms with Gasteiger partial charge in [0.15, 0.2) is 0 Å². The van der Waals surface area contributed by atoms with Crippen LogP contribution in [0.25, 0.3) is 0 Å². The fourth-order valence-corrected chi connectivity index (χ4v) is 7.37. The minimum absolute atomic E-state index is 0.335. The normalized spacial score (nSPS) is 9.00. The predicted octanol–water partition coefficient (Wildman–Crippen LogP) is 11.5. The number of benzene rings is 6. The Morgan fingerprint density at radius 3 is 0.405 bits per heavy atom. The summed E-state index contributed by atoms with van der Waals surface area (Å²) in [5, 5.41) is 0. The van der Waals surface area contributed by atoms with Gasteiger partial charge in [0.2, 0.25) is 0 Å². The molecule has 0 amide bonds. The molecule has 0 aliphatic heterocycles. The lowest BCUT2D eigenvalue weighted by Gasteiger charge is -2.11. The van der Waals surface area contributed by atoms with Crippen molar-refractivity contribution in [3.63, 3.8) is 0 Å². The average Bonchev–Trinajstić information content (AvgIpc) is 3.68. The molecule has 0 radical (unpaired) electrons. The monoisotopic (exact) mass is 1080 g/mol. The summed E-state index contributed by atoms with van der Waals surface area (Å²) in [6.45, 7) is 0. The van der Waals surface area contributed by atoms with Crippen LogP contribution in [-0.2, 0) is 0 Å². The molecule has 0 aliphatic rings. The molecular weight excluding hydrogens is 1020 g/mol. The average molecular weight is 1080 g/mol. The van der Waals surface area contributed by atoms with Crippen LogP contribution in [0.2, 0.25) is 0 Å². The maximum absolute atomic E-state index is 3.31. The third-order valence-corrected chi connectivity index (χ3v) is 12.4. The van der Waals surface area contributed by atoms with Crippen molar-refractivity contribution in [2.45, 2.75) is 0 Å². The second-order valence-electron chi connectivity index (χ2n) is 19.9. The van der Waals surface area contributed by atoms with Crippen molar-refractivity contribution in [3.8, 4) is 71.0 Å². The Kier molecular flexibility index (Phi) is 21.2. The van der Waals surface area contributed by atoms with Crippen LogP contribution in [0.15, 0.2) is 146 Å². The molecule has 7 rings (SSSR count). The highest BCUT2D eigenvalue weighted by molar-refractivity contribution is 5.59. The van der Waals surface area contributed by atoms with Crippen LogP contribution < -0.4 is 29.4 Å². The van der Waals surface area contributed by atoms with Crippen LogP contribution in [0.5, 0.6) is 0 Å². The van der Waals surface area contributed by atoms with E-state index in [9.17, 15) is 0 Å². The number of rotatable bonds is 6. The Morgan fingerprint density at radius 1 is 0.179 bits per heavy atom. The summed E-state index contributed by atoms with van der Waals surface area (Å²) in [6.07, 6.45) is 0. The molecule has 0 aliphatic carbocycles. The van der Waals surface area contributed by atoms with Gasteiger partial charge in [0.05, 0.1) is 33.4 Å². The topological polar surface area (TPSA) is 19.4 Å². The van der Waals surface area contributed by atoms with E-state index in [-0.39, 0.29) is 0 Å². The summed E-state index contributed by atoms with van der Waals surface area (Å²) in [5.74, 6) is 39.6. The molecule has 0 N–H and O–H groups in total. The second-order valence-corrected chi connectivity index (χ2v) is 19.9. The maximum atomic E-state index is 3.31. The van der Waals surface area contributed by atoms with Crippen molar-refractivity contribution in [3.05, 3.63) is 285 Å². The van der Waals surface area contributed by atoms with Gasteiger partial charge < -0.3 is 29.4 Å². The SMILES string of the molecule is CN(C)c1ccc(C#Cc2c#cc#cc(C#Cc3ccc(N(C)C)cc3)c(C#Cc3ccc(N(C)C)cc3)c#cc#cc(C#Cc3ccc(N(C)C)cc3)c(C#Cc3ccc(N(C)C)cc3)c#cc#cc2C#Cc2ccc(N(C)C)cc2)cc1. The number of hydrogen-bond acceptors (Lipinski definition) is 6. The Labute approximate surface area is 501 Å². The maximum Gasteiger partial charge on any atom is 0.0999 e. The zero-order chi connectivity index (χ0) is 59.8. The minimum atomic E-state index is 0.335. The Hall–Kier alpha value is -11.9. The molecule has 0 aromatic heterocycles. The molecule has 0 bridgehead atoms. The van der Waals surface area contributed by atoms with Crippen molar-refractivity contribution in [1.82, 2.24) is 0 Å². The summed E-state index contributed by atoms with van der Waals surface area (Å²) in [5.41, 5.74) is 12.8. The summed E-state index contributed by atoms with van der Waals surface area (Å²) >= 11 is 0. The van der Waals surface area contributed by atoms with Gasteiger partial charge in [-0.2, -0.15) is 0 Å². The summed E-state index contributed by atoms with van der Waals surface area (Å²) < 4.78 is 0. The highest BCUT2D eigenvalue weighted by Gasteiger charge is 2.02. The van der Waals surface area contributed by atoms with Gasteiger partial charge in [0.1, 0.15) is 0 Å². The zero-order valence-corrected chi connectivity index (χ0v) is 49.5. The highest BCUT2D eigenvalue weighted by Crippen LogP contribution is 2.17. The largest absolute Gasteiger partial charge is 0.378 e. The quantitative estimate of drug-likeness (QED) is 0.154. The molecular formula is C78H60N6. The highest BCUT2D eigenvalue weighted by atomic mass is 15.1. The van der Waals surface area contributed by atoms with Gasteiger partial charge in [-0.25, -0.2) is 0 Å². The van der Waals surface area contributed by atoms with Crippen LogP contribution in [0.1, 0.15) is 66.8 Å². The third kappa shape index (κ3) is 18.3. The van der Waals surface area contributed by atoms with E-state index >= 15 is 0 Å². The predicted molar refractivity (Wildman–Crippen MR) is 346 cm³/mol. The van der Waals surface area contributed by atoms with Crippen LogP contribution in [0.3, 0.4) is 0 Å². The van der Waals surface area contributed by atoms with E-state index in [1.54, 1.807) is 0 Å². The van der Waals surface area contributed by atoms with Gasteiger partial charge in [-0.1, -0.05) is 71.0 Å². The third-order valence-electron chi connectivity index (χ3n) is 12.4. The molecule has 0 fully saturated rings. The molecule has 0 heterocycles. The fraction of sp³-hybridized carbons (Fsp3) is 0.154. The number of anilines is 6. The first-order valence-electron chi connectivity index (χ1n) is 26.6. The minimum Gasteiger partial charge on any atom is -0.378 e.